The number of nitrogens with zero attached hydrogens (tertiary/aromatic N) is 4. The molecule has 0 bridgehead atoms. The van der Waals surface area contributed by atoms with E-state index in [4.69, 9.17) is 5.84 Å². The summed E-state index contributed by atoms with van der Waals surface area (Å²) in [4.78, 5) is 8.23. The molecule has 0 aliphatic heterocycles. The van der Waals surface area contributed by atoms with Gasteiger partial charge in [-0.15, -0.1) is 0 Å². The molecule has 2 rings (SSSR count). The molecule has 0 aliphatic rings. The number of nitrogens with one attached hydrogen (secondary N) is 1. The van der Waals surface area contributed by atoms with Gasteiger partial charge in [-0.05, 0) is 20.8 Å². The number of hydrazine groups is 1. The van der Waals surface area contributed by atoms with Gasteiger partial charge in [-0.1, -0.05) is 0 Å². The Bertz CT molecular complexity index is 604. The maximum Gasteiger partial charge on any atom is 0.187 e. The molecule has 7 heteroatoms. The van der Waals surface area contributed by atoms with Crippen LogP contribution in [0.1, 0.15) is 17.1 Å². The molecule has 0 radical (unpaired) electrons. The highest BCUT2D eigenvalue weighted by molar-refractivity contribution is 5.63. The van der Waals surface area contributed by atoms with Crippen molar-refractivity contribution in [1.82, 2.24) is 19.7 Å². The van der Waals surface area contributed by atoms with E-state index >= 15 is 0 Å². The zero-order valence-corrected chi connectivity index (χ0v) is 10.7. The lowest BCUT2D eigenvalue weighted by atomic mass is 10.2. The average molecular weight is 250 g/mol. The minimum atomic E-state index is -0.541. The number of nitrogens with two attached hydrogens (primary N) is 1. The topological polar surface area (TPSA) is 81.7 Å². The van der Waals surface area contributed by atoms with Crippen molar-refractivity contribution in [3.63, 3.8) is 0 Å². The molecule has 6 nitrogen and oxygen atoms in total. The molecule has 0 fully saturated rings. The number of hydrogen-bond donors (Lipinski definition) is 2. The highest BCUT2D eigenvalue weighted by Crippen LogP contribution is 2.25. The highest BCUT2D eigenvalue weighted by atomic mass is 19.1. The number of nitrogen functional groups attached to an aromatic ring is 1. The second-order valence-corrected chi connectivity index (χ2v) is 4.11. The fourth-order valence-corrected chi connectivity index (χ4v) is 1.86. The van der Waals surface area contributed by atoms with Crippen LogP contribution in [0.5, 0.6) is 0 Å². The summed E-state index contributed by atoms with van der Waals surface area (Å²) < 4.78 is 15.4. The Morgan fingerprint density at radius 1 is 1.17 bits per heavy atom. The van der Waals surface area contributed by atoms with Crippen molar-refractivity contribution in [1.29, 1.82) is 0 Å². The first-order valence-corrected chi connectivity index (χ1v) is 5.47. The van der Waals surface area contributed by atoms with Crippen LogP contribution in [0.4, 0.5) is 10.2 Å². The quantitative estimate of drug-likeness (QED) is 0.618. The van der Waals surface area contributed by atoms with Crippen LogP contribution in [0.15, 0.2) is 0 Å². The van der Waals surface area contributed by atoms with E-state index in [0.717, 1.165) is 17.0 Å². The van der Waals surface area contributed by atoms with Gasteiger partial charge in [-0.2, -0.15) is 5.10 Å². The molecular weight excluding hydrogens is 235 g/mol. The summed E-state index contributed by atoms with van der Waals surface area (Å²) in [5.74, 6) is 5.11. The first-order valence-electron chi connectivity index (χ1n) is 5.47. The fourth-order valence-electron chi connectivity index (χ4n) is 1.86. The average Bonchev–Trinajstić information content (AvgIpc) is 2.57. The van der Waals surface area contributed by atoms with Crippen LogP contribution in [0.25, 0.3) is 11.4 Å². The van der Waals surface area contributed by atoms with Crippen LogP contribution in [-0.4, -0.2) is 19.7 Å². The van der Waals surface area contributed by atoms with Gasteiger partial charge in [-0.25, -0.2) is 20.2 Å². The molecule has 0 unspecified atom stereocenters. The van der Waals surface area contributed by atoms with Gasteiger partial charge in [0.25, 0.3) is 0 Å². The molecule has 0 saturated heterocycles. The van der Waals surface area contributed by atoms with Crippen LogP contribution in [-0.2, 0) is 7.05 Å². The molecule has 2 heterocycles. The summed E-state index contributed by atoms with van der Waals surface area (Å²) in [5.41, 5.74) is 5.00. The maximum absolute atomic E-state index is 13.6. The second kappa shape index (κ2) is 4.34. The van der Waals surface area contributed by atoms with Gasteiger partial charge in [0.15, 0.2) is 17.5 Å². The smallest absolute Gasteiger partial charge is 0.187 e. The molecular formula is C11H15FN6. The molecule has 0 atom stereocenters. The van der Waals surface area contributed by atoms with Gasteiger partial charge in [0, 0.05) is 12.7 Å². The maximum atomic E-state index is 13.6. The number of halogens is 1. The van der Waals surface area contributed by atoms with Crippen LogP contribution in [0.3, 0.4) is 0 Å². The lowest BCUT2D eigenvalue weighted by molar-refractivity contribution is 0.606. The summed E-state index contributed by atoms with van der Waals surface area (Å²) in [5, 5.41) is 4.29. The molecule has 3 N–H and O–H groups in total. The standard InChI is InChI=1S/C11H15FN6/c1-5-8(7(3)18(4)17-5)10-14-6(2)9(12)11(15-10)16-13/h13H2,1-4H3,(H,14,15,16). The summed E-state index contributed by atoms with van der Waals surface area (Å²) in [6, 6.07) is 0. The largest absolute Gasteiger partial charge is 0.306 e. The minimum Gasteiger partial charge on any atom is -0.306 e. The zero-order chi connectivity index (χ0) is 13.4. The Morgan fingerprint density at radius 3 is 2.33 bits per heavy atom. The Hall–Kier alpha value is -2.02. The summed E-state index contributed by atoms with van der Waals surface area (Å²) in [6.07, 6.45) is 0. The van der Waals surface area contributed by atoms with Crippen molar-refractivity contribution in [3.05, 3.63) is 22.9 Å². The minimum absolute atomic E-state index is 0.0137. The third-order valence-electron chi connectivity index (χ3n) is 2.89. The van der Waals surface area contributed by atoms with Crippen molar-refractivity contribution in [2.45, 2.75) is 20.8 Å². The Kier molecular flexibility index (Phi) is 3.00. The van der Waals surface area contributed by atoms with E-state index in [-0.39, 0.29) is 11.5 Å². The fraction of sp³-hybridized carbons (Fsp3) is 0.364. The predicted octanol–water partition coefficient (Wildman–Crippen LogP) is 1.23. The van der Waals surface area contributed by atoms with Crippen molar-refractivity contribution in [2.75, 3.05) is 5.43 Å². The predicted molar refractivity (Wildman–Crippen MR) is 66.2 cm³/mol. The van der Waals surface area contributed by atoms with E-state index in [0.29, 0.717) is 5.82 Å². The molecule has 96 valence electrons. The number of anilines is 1. The van der Waals surface area contributed by atoms with Crippen molar-refractivity contribution in [3.8, 4) is 11.4 Å². The van der Waals surface area contributed by atoms with Gasteiger partial charge in [0.1, 0.15) is 0 Å². The summed E-state index contributed by atoms with van der Waals surface area (Å²) in [7, 11) is 1.84. The molecule has 0 aromatic carbocycles. The SMILES string of the molecule is Cc1nc(-c2c(C)nn(C)c2C)nc(NN)c1F. The van der Waals surface area contributed by atoms with Crippen molar-refractivity contribution in [2.24, 2.45) is 12.9 Å². The Balaban J connectivity index is 2.68. The molecule has 0 saturated carbocycles. The van der Waals surface area contributed by atoms with E-state index in [1.807, 2.05) is 20.9 Å². The summed E-state index contributed by atoms with van der Waals surface area (Å²) >= 11 is 0. The van der Waals surface area contributed by atoms with Gasteiger partial charge >= 0.3 is 0 Å². The number of rotatable bonds is 2. The lowest BCUT2D eigenvalue weighted by Crippen LogP contribution is -2.13. The van der Waals surface area contributed by atoms with Gasteiger partial charge in [-0.3, -0.25) is 4.68 Å². The van der Waals surface area contributed by atoms with Gasteiger partial charge in [0.05, 0.1) is 17.0 Å². The van der Waals surface area contributed by atoms with E-state index < -0.39 is 5.82 Å². The molecule has 18 heavy (non-hydrogen) atoms. The monoisotopic (exact) mass is 250 g/mol. The molecule has 0 aliphatic carbocycles. The Morgan fingerprint density at radius 2 is 1.83 bits per heavy atom. The van der Waals surface area contributed by atoms with Crippen LogP contribution < -0.4 is 11.3 Å². The first-order chi connectivity index (χ1) is 8.45. The van der Waals surface area contributed by atoms with E-state index in [9.17, 15) is 4.39 Å². The van der Waals surface area contributed by atoms with Gasteiger partial charge in [0.2, 0.25) is 0 Å². The van der Waals surface area contributed by atoms with Crippen molar-refractivity contribution >= 4 is 5.82 Å². The van der Waals surface area contributed by atoms with E-state index in [1.165, 1.54) is 0 Å². The second-order valence-electron chi connectivity index (χ2n) is 4.11. The zero-order valence-electron chi connectivity index (χ0n) is 10.7. The number of aromatic nitrogens is 4. The third-order valence-corrected chi connectivity index (χ3v) is 2.89. The van der Waals surface area contributed by atoms with Crippen molar-refractivity contribution < 1.29 is 4.39 Å². The molecule has 2 aromatic heterocycles. The number of hydrogen-bond acceptors (Lipinski definition) is 5. The first kappa shape index (κ1) is 12.4. The normalized spacial score (nSPS) is 10.8. The van der Waals surface area contributed by atoms with E-state index in [2.05, 4.69) is 20.5 Å². The Labute approximate surface area is 104 Å². The van der Waals surface area contributed by atoms with Crippen LogP contribution in [0, 0.1) is 26.6 Å². The molecule has 0 spiro atoms. The highest BCUT2D eigenvalue weighted by Gasteiger charge is 2.18. The number of aryl methyl sites for hydroxylation is 3. The third kappa shape index (κ3) is 1.82. The van der Waals surface area contributed by atoms with E-state index in [1.54, 1.807) is 11.6 Å². The molecule has 2 aromatic rings. The lowest BCUT2D eigenvalue weighted by Gasteiger charge is -2.07. The van der Waals surface area contributed by atoms with Gasteiger partial charge < -0.3 is 5.43 Å². The molecule has 0 amide bonds. The van der Waals surface area contributed by atoms with Crippen LogP contribution in [0.2, 0.25) is 0 Å². The van der Waals surface area contributed by atoms with Crippen LogP contribution >= 0.6 is 0 Å². The summed E-state index contributed by atoms with van der Waals surface area (Å²) in [6.45, 7) is 5.34.